The summed E-state index contributed by atoms with van der Waals surface area (Å²) in [5.41, 5.74) is 10.3. The molecule has 0 unspecified atom stereocenters. The number of piperidine rings is 1. The third kappa shape index (κ3) is 8.02. The Kier molecular flexibility index (Phi) is 11.0. The van der Waals surface area contributed by atoms with Crippen LogP contribution >= 0.6 is 0 Å². The zero-order chi connectivity index (χ0) is 36.8. The number of carbonyl (C=O) groups is 4. The van der Waals surface area contributed by atoms with Crippen LogP contribution in [0.2, 0.25) is 0 Å². The summed E-state index contributed by atoms with van der Waals surface area (Å²) in [6.45, 7) is 1.71. The summed E-state index contributed by atoms with van der Waals surface area (Å²) in [6.07, 6.45) is 8.94. The van der Waals surface area contributed by atoms with Crippen LogP contribution in [-0.2, 0) is 18.9 Å². The molecule has 1 atom stereocenters. The molecule has 4 amide bonds. The minimum atomic E-state index is -0.334. The SMILES string of the molecule is COc1cc2c(cc1OCCCC(=O)Nc1cc(C(=O)Nc3ccc(-c4cc(C(=O)NCCN)n(C)c4)cc3)n(C)c1)N=C[C@@H]1CCCCN1C2=O. The summed E-state index contributed by atoms with van der Waals surface area (Å²) in [6, 6.07) is 14.1. The Morgan fingerprint density at radius 1 is 0.904 bits per heavy atom. The molecule has 2 aliphatic heterocycles. The van der Waals surface area contributed by atoms with Gasteiger partial charge in [0, 0.05) is 76.1 Å². The number of nitrogens with two attached hydrogens (primary N) is 1. The van der Waals surface area contributed by atoms with Gasteiger partial charge >= 0.3 is 0 Å². The van der Waals surface area contributed by atoms with Crippen LogP contribution in [0.15, 0.2) is 65.9 Å². The van der Waals surface area contributed by atoms with Crippen molar-refractivity contribution in [2.45, 2.75) is 38.1 Å². The Balaban J connectivity index is 0.996. The Morgan fingerprint density at radius 2 is 1.67 bits per heavy atom. The monoisotopic (exact) mass is 708 g/mol. The van der Waals surface area contributed by atoms with Crippen molar-refractivity contribution in [2.75, 3.05) is 44.0 Å². The van der Waals surface area contributed by atoms with E-state index in [4.69, 9.17) is 15.2 Å². The van der Waals surface area contributed by atoms with Gasteiger partial charge in [-0.2, -0.15) is 0 Å². The first-order chi connectivity index (χ1) is 25.1. The van der Waals surface area contributed by atoms with E-state index in [-0.39, 0.29) is 42.7 Å². The molecule has 272 valence electrons. The standard InChI is InChI=1S/C38H44N8O6/c1-44-22-25(17-31(44)36(48)40-14-13-39)24-9-11-26(12-10-24)43-37(49)32-18-27(23-45(32)2)42-35(47)8-6-16-52-34-20-30-29(19-33(34)51-3)38(50)46-15-5-4-7-28(46)21-41-30/h9-12,17-23,28H,4-8,13-16,39H2,1-3H3,(H,40,48)(H,42,47)(H,43,49)/t28-/m0/s1. The van der Waals surface area contributed by atoms with Crippen molar-refractivity contribution in [2.24, 2.45) is 24.8 Å². The number of amides is 4. The molecular formula is C38H44N8O6. The fourth-order valence-corrected chi connectivity index (χ4v) is 6.45. The second-order valence-corrected chi connectivity index (χ2v) is 12.9. The first kappa shape index (κ1) is 35.9. The maximum Gasteiger partial charge on any atom is 0.272 e. The quantitative estimate of drug-likeness (QED) is 0.148. The van der Waals surface area contributed by atoms with Crippen molar-refractivity contribution in [1.29, 1.82) is 0 Å². The fourth-order valence-electron chi connectivity index (χ4n) is 6.45. The number of hydrogen-bond donors (Lipinski definition) is 4. The van der Waals surface area contributed by atoms with E-state index < -0.39 is 0 Å². The molecule has 2 aromatic heterocycles. The molecule has 4 aromatic rings. The normalized spacial score (nSPS) is 15.0. The second kappa shape index (κ2) is 16.0. The second-order valence-electron chi connectivity index (χ2n) is 12.9. The Labute approximate surface area is 302 Å². The predicted molar refractivity (Wildman–Crippen MR) is 199 cm³/mol. The van der Waals surface area contributed by atoms with Gasteiger partial charge < -0.3 is 45.2 Å². The lowest BCUT2D eigenvalue weighted by Gasteiger charge is -2.32. The molecule has 0 bridgehead atoms. The van der Waals surface area contributed by atoms with E-state index in [9.17, 15) is 19.2 Å². The Morgan fingerprint density at radius 3 is 2.44 bits per heavy atom. The number of hydrogen-bond acceptors (Lipinski definition) is 8. The number of aliphatic imine (C=N–C) groups is 1. The average molecular weight is 709 g/mol. The van der Waals surface area contributed by atoms with Crippen molar-refractivity contribution in [3.8, 4) is 22.6 Å². The van der Waals surface area contributed by atoms with Crippen LogP contribution in [0.4, 0.5) is 17.1 Å². The lowest BCUT2D eigenvalue weighted by atomic mass is 10.0. The molecule has 52 heavy (non-hydrogen) atoms. The number of nitrogens with one attached hydrogen (secondary N) is 3. The van der Waals surface area contributed by atoms with E-state index in [1.54, 1.807) is 59.8 Å². The molecule has 0 spiro atoms. The molecule has 0 aliphatic carbocycles. The minimum Gasteiger partial charge on any atom is -0.493 e. The number of benzene rings is 2. The molecule has 0 radical (unpaired) electrons. The van der Waals surface area contributed by atoms with Gasteiger partial charge in [0.2, 0.25) is 5.91 Å². The van der Waals surface area contributed by atoms with Crippen molar-refractivity contribution in [3.05, 3.63) is 77.9 Å². The molecular weight excluding hydrogens is 664 g/mol. The summed E-state index contributed by atoms with van der Waals surface area (Å²) in [4.78, 5) is 58.0. The Bertz CT molecular complexity index is 2000. The molecule has 4 heterocycles. The first-order valence-electron chi connectivity index (χ1n) is 17.4. The number of carbonyl (C=O) groups excluding carboxylic acids is 4. The summed E-state index contributed by atoms with van der Waals surface area (Å²) < 4.78 is 14.9. The highest BCUT2D eigenvalue weighted by Gasteiger charge is 2.31. The van der Waals surface area contributed by atoms with Crippen LogP contribution in [0.1, 0.15) is 63.4 Å². The molecule has 14 heteroatoms. The average Bonchev–Trinajstić information content (AvgIpc) is 3.68. The number of ether oxygens (including phenoxy) is 2. The molecule has 0 saturated carbocycles. The number of rotatable bonds is 13. The van der Waals surface area contributed by atoms with Gasteiger partial charge in [-0.25, -0.2) is 0 Å². The number of anilines is 2. The smallest absolute Gasteiger partial charge is 0.272 e. The molecule has 2 aromatic carbocycles. The lowest BCUT2D eigenvalue weighted by molar-refractivity contribution is -0.116. The number of methoxy groups -OCH3 is 1. The molecule has 14 nitrogen and oxygen atoms in total. The van der Waals surface area contributed by atoms with Crippen LogP contribution in [0.25, 0.3) is 11.1 Å². The van der Waals surface area contributed by atoms with Crippen molar-refractivity contribution in [3.63, 3.8) is 0 Å². The van der Waals surface area contributed by atoms with Gasteiger partial charge in [-0.3, -0.25) is 24.2 Å². The van der Waals surface area contributed by atoms with Crippen molar-refractivity contribution < 1.29 is 28.7 Å². The van der Waals surface area contributed by atoms with Gasteiger partial charge in [0.1, 0.15) is 11.4 Å². The molecule has 1 fully saturated rings. The summed E-state index contributed by atoms with van der Waals surface area (Å²) in [7, 11) is 5.06. The van der Waals surface area contributed by atoms with Crippen molar-refractivity contribution in [1.82, 2.24) is 19.4 Å². The maximum absolute atomic E-state index is 13.2. The van der Waals surface area contributed by atoms with Gasteiger partial charge in [-0.05, 0) is 61.6 Å². The van der Waals surface area contributed by atoms with E-state index in [1.807, 2.05) is 35.5 Å². The summed E-state index contributed by atoms with van der Waals surface area (Å²) in [5.74, 6) is 0.0810. The topological polar surface area (TPSA) is 174 Å². The number of aryl methyl sites for hydroxylation is 2. The number of nitrogens with zero attached hydrogens (tertiary/aromatic N) is 4. The zero-order valence-electron chi connectivity index (χ0n) is 29.6. The molecule has 6 rings (SSSR count). The van der Waals surface area contributed by atoms with Crippen LogP contribution in [-0.4, -0.2) is 83.3 Å². The third-order valence-electron chi connectivity index (χ3n) is 9.18. The van der Waals surface area contributed by atoms with Gasteiger partial charge in [0.05, 0.1) is 36.7 Å². The van der Waals surface area contributed by atoms with Gasteiger partial charge in [0.15, 0.2) is 11.5 Å². The highest BCUT2D eigenvalue weighted by atomic mass is 16.5. The number of aromatic nitrogens is 2. The highest BCUT2D eigenvalue weighted by molar-refractivity contribution is 6.05. The molecule has 2 aliphatic rings. The largest absolute Gasteiger partial charge is 0.493 e. The zero-order valence-corrected chi connectivity index (χ0v) is 29.6. The highest BCUT2D eigenvalue weighted by Crippen LogP contribution is 2.38. The third-order valence-corrected chi connectivity index (χ3v) is 9.18. The van der Waals surface area contributed by atoms with Crippen molar-refractivity contribution >= 4 is 46.9 Å². The van der Waals surface area contributed by atoms with Crippen LogP contribution in [0.3, 0.4) is 0 Å². The van der Waals surface area contributed by atoms with E-state index in [0.717, 1.165) is 30.4 Å². The van der Waals surface area contributed by atoms with Crippen LogP contribution in [0, 0.1) is 0 Å². The maximum atomic E-state index is 13.2. The van der Waals surface area contributed by atoms with E-state index in [0.29, 0.717) is 71.6 Å². The first-order valence-corrected chi connectivity index (χ1v) is 17.4. The van der Waals surface area contributed by atoms with Crippen LogP contribution in [0.5, 0.6) is 11.5 Å². The van der Waals surface area contributed by atoms with Gasteiger partial charge in [-0.1, -0.05) is 12.1 Å². The van der Waals surface area contributed by atoms with E-state index in [2.05, 4.69) is 20.9 Å². The van der Waals surface area contributed by atoms with Crippen LogP contribution < -0.4 is 31.2 Å². The Hall–Kier alpha value is -5.89. The minimum absolute atomic E-state index is 0.00426. The predicted octanol–water partition coefficient (Wildman–Crippen LogP) is 4.49. The van der Waals surface area contributed by atoms with E-state index in [1.165, 1.54) is 7.11 Å². The summed E-state index contributed by atoms with van der Waals surface area (Å²) in [5, 5.41) is 8.53. The molecule has 1 saturated heterocycles. The van der Waals surface area contributed by atoms with Gasteiger partial charge in [-0.15, -0.1) is 0 Å². The fraction of sp³-hybridized carbons (Fsp3) is 0.342. The summed E-state index contributed by atoms with van der Waals surface area (Å²) >= 11 is 0. The van der Waals surface area contributed by atoms with Gasteiger partial charge in [0.25, 0.3) is 17.7 Å². The molecule has 5 N–H and O–H groups in total. The lowest BCUT2D eigenvalue weighted by Crippen LogP contribution is -2.43. The van der Waals surface area contributed by atoms with E-state index >= 15 is 0 Å². The number of fused-ring (bicyclic) bond motifs is 2.